The van der Waals surface area contributed by atoms with E-state index < -0.39 is 71.8 Å². The summed E-state index contributed by atoms with van der Waals surface area (Å²) in [7, 11) is 2.17. The molecule has 0 aliphatic carbocycles. The van der Waals surface area contributed by atoms with Crippen LogP contribution in [0.1, 0.15) is 37.1 Å². The number of aliphatic carboxylic acids is 1. The number of carboxylic acids is 1. The Kier molecular flexibility index (Phi) is 15.8. The van der Waals surface area contributed by atoms with Gasteiger partial charge in [0.05, 0.1) is 12.4 Å². The molecule has 1 aromatic heterocycles. The Morgan fingerprint density at radius 1 is 0.709 bits per heavy atom. The van der Waals surface area contributed by atoms with E-state index in [-0.39, 0.29) is 54.6 Å². The van der Waals surface area contributed by atoms with Gasteiger partial charge in [-0.15, -0.1) is 0 Å². The van der Waals surface area contributed by atoms with E-state index in [2.05, 4.69) is 36.6 Å². The molecular weight excluding hydrogens is 753 g/mol. The zero-order valence-corrected chi connectivity index (χ0v) is 31.8. The van der Waals surface area contributed by atoms with Crippen molar-refractivity contribution in [1.82, 2.24) is 36.6 Å². The van der Waals surface area contributed by atoms with Crippen LogP contribution in [0, 0.1) is 5.92 Å². The number of hydrogen-bond donors (Lipinski definition) is 10. The van der Waals surface area contributed by atoms with E-state index in [9.17, 15) is 44.1 Å². The summed E-state index contributed by atoms with van der Waals surface area (Å²) in [6.45, 7) is 3.71. The number of H-pyrrole nitrogens is 1. The maximum atomic E-state index is 14.2. The molecule has 2 heterocycles. The van der Waals surface area contributed by atoms with Crippen molar-refractivity contribution in [2.75, 3.05) is 11.5 Å². The largest absolute Gasteiger partial charge is 0.508 e. The number of phenols is 2. The molecule has 5 amide bonds. The molecule has 3 unspecified atom stereocenters. The number of phenolic OH excluding ortho intramolecular Hbond substituents is 2. The quantitative estimate of drug-likeness (QED) is 0.129. The first-order valence-corrected chi connectivity index (χ1v) is 19.9. The van der Waals surface area contributed by atoms with Crippen molar-refractivity contribution in [2.45, 2.75) is 75.8 Å². The van der Waals surface area contributed by atoms with Crippen LogP contribution in [-0.4, -0.2) is 109 Å². The van der Waals surface area contributed by atoms with E-state index in [0.29, 0.717) is 16.8 Å². The molecule has 6 atom stereocenters. The molecule has 11 N–H and O–H groups in total. The molecule has 0 spiro atoms. The number of hydrogen-bond acceptors (Lipinski definition) is 12. The highest BCUT2D eigenvalue weighted by atomic mass is 33.1. The molecule has 1 fully saturated rings. The lowest BCUT2D eigenvalue weighted by Gasteiger charge is -2.28. The second kappa shape index (κ2) is 20.4. The molecule has 17 nitrogen and oxygen atoms in total. The average Bonchev–Trinajstić information content (AvgIpc) is 3.65. The smallest absolute Gasteiger partial charge is 0.327 e. The molecule has 0 bridgehead atoms. The van der Waals surface area contributed by atoms with Crippen LogP contribution in [0.25, 0.3) is 0 Å². The molecule has 0 saturated carbocycles. The third kappa shape index (κ3) is 13.5. The molecule has 1 aliphatic heterocycles. The van der Waals surface area contributed by atoms with Crippen molar-refractivity contribution in [3.8, 4) is 11.5 Å². The third-order valence-corrected chi connectivity index (χ3v) is 10.9. The summed E-state index contributed by atoms with van der Waals surface area (Å²) in [5, 5.41) is 42.9. The number of nitrogens with zero attached hydrogens (tertiary/aromatic N) is 1. The minimum atomic E-state index is -1.40. The Morgan fingerprint density at radius 2 is 1.16 bits per heavy atom. The van der Waals surface area contributed by atoms with E-state index in [0.717, 1.165) is 21.6 Å². The third-order valence-electron chi connectivity index (χ3n) is 8.49. The zero-order valence-electron chi connectivity index (χ0n) is 30.2. The van der Waals surface area contributed by atoms with Gasteiger partial charge >= 0.3 is 5.97 Å². The van der Waals surface area contributed by atoms with Gasteiger partial charge in [-0.05, 0) is 47.7 Å². The van der Waals surface area contributed by atoms with Gasteiger partial charge in [0.25, 0.3) is 0 Å². The molecular formula is C36H46N8O9S2. The number of rotatable bonds is 9. The van der Waals surface area contributed by atoms with Gasteiger partial charge in [0.15, 0.2) is 0 Å². The highest BCUT2D eigenvalue weighted by Gasteiger charge is 2.34. The molecule has 55 heavy (non-hydrogen) atoms. The lowest BCUT2D eigenvalue weighted by Crippen LogP contribution is -2.60. The maximum Gasteiger partial charge on any atom is 0.327 e. The standard InChI is InChI=1S/C36H46N8O9S2/c1-19(2)11-26-32(48)41-27(12-20-3-7-23(45)8-4-20)33(49)43-29(14-22-15-38-18-39-22)35(51)42-28(13-21-5-9-24(46)10-6-21)34(50)44-30(36(52)53)17-55-54-16-25(37)31(47)40-26/h3-10,15,18-19,25-30,45-46H,11-14,16-17,37H2,1-2H3,(H,38,39)(H,40,47)(H,41,48)(H,42,51)(H,43,49)(H,44,50)(H,52,53)/t25-,26?,27?,28-,29-,30?/m0/s1. The van der Waals surface area contributed by atoms with E-state index >= 15 is 0 Å². The highest BCUT2D eigenvalue weighted by molar-refractivity contribution is 8.76. The number of carbonyl (C=O) groups is 6. The number of amides is 5. The van der Waals surface area contributed by atoms with Crippen LogP contribution in [-0.2, 0) is 48.0 Å². The number of carboxylic acid groups (broad SMARTS) is 1. The fourth-order valence-electron chi connectivity index (χ4n) is 5.54. The Hall–Kier alpha value is -5.27. The van der Waals surface area contributed by atoms with Gasteiger partial charge in [0.1, 0.15) is 41.7 Å². The molecule has 1 aliphatic rings. The monoisotopic (exact) mass is 798 g/mol. The van der Waals surface area contributed by atoms with Crippen LogP contribution in [0.2, 0.25) is 0 Å². The minimum absolute atomic E-state index is 0.0158. The Morgan fingerprint density at radius 3 is 1.64 bits per heavy atom. The van der Waals surface area contributed by atoms with Gasteiger partial charge < -0.3 is 52.6 Å². The lowest BCUT2D eigenvalue weighted by molar-refractivity contribution is -0.141. The molecule has 2 aromatic carbocycles. The van der Waals surface area contributed by atoms with Crippen LogP contribution in [0.3, 0.4) is 0 Å². The molecule has 4 rings (SSSR count). The summed E-state index contributed by atoms with van der Waals surface area (Å²) >= 11 is 0. The van der Waals surface area contributed by atoms with E-state index in [4.69, 9.17) is 5.73 Å². The predicted molar refractivity (Wildman–Crippen MR) is 206 cm³/mol. The summed E-state index contributed by atoms with van der Waals surface area (Å²) in [6, 6.07) is 4.29. The molecule has 0 radical (unpaired) electrons. The lowest BCUT2D eigenvalue weighted by atomic mass is 10.00. The van der Waals surface area contributed by atoms with Crippen LogP contribution < -0.4 is 32.3 Å². The number of nitrogens with one attached hydrogen (secondary N) is 6. The van der Waals surface area contributed by atoms with Crippen molar-refractivity contribution in [2.24, 2.45) is 11.7 Å². The summed E-state index contributed by atoms with van der Waals surface area (Å²) in [4.78, 5) is 88.1. The van der Waals surface area contributed by atoms with Crippen molar-refractivity contribution in [3.63, 3.8) is 0 Å². The van der Waals surface area contributed by atoms with Crippen LogP contribution in [0.15, 0.2) is 61.1 Å². The molecule has 296 valence electrons. The number of nitrogens with two attached hydrogens (primary N) is 1. The van der Waals surface area contributed by atoms with Gasteiger partial charge in [-0.2, -0.15) is 0 Å². The van der Waals surface area contributed by atoms with Gasteiger partial charge in [-0.1, -0.05) is 59.7 Å². The van der Waals surface area contributed by atoms with Crippen molar-refractivity contribution >= 4 is 57.1 Å². The van der Waals surface area contributed by atoms with E-state index in [1.54, 1.807) is 24.3 Å². The summed E-state index contributed by atoms with van der Waals surface area (Å²) in [6.07, 6.45) is 2.72. The average molecular weight is 799 g/mol. The number of aromatic hydroxyl groups is 2. The van der Waals surface area contributed by atoms with E-state index in [1.165, 1.54) is 36.8 Å². The van der Waals surface area contributed by atoms with Crippen LogP contribution in [0.5, 0.6) is 11.5 Å². The van der Waals surface area contributed by atoms with Gasteiger partial charge in [-0.25, -0.2) is 9.78 Å². The normalized spacial score (nSPS) is 23.8. The van der Waals surface area contributed by atoms with E-state index in [1.807, 2.05) is 13.8 Å². The number of aromatic nitrogens is 2. The van der Waals surface area contributed by atoms with Gasteiger partial charge in [0, 0.05) is 42.7 Å². The first-order valence-electron chi connectivity index (χ1n) is 17.5. The fraction of sp³-hybridized carbons (Fsp3) is 0.417. The fourth-order valence-corrected chi connectivity index (χ4v) is 7.82. The van der Waals surface area contributed by atoms with Crippen molar-refractivity contribution in [3.05, 3.63) is 77.9 Å². The Bertz CT molecular complexity index is 1780. The highest BCUT2D eigenvalue weighted by Crippen LogP contribution is 2.23. The molecule has 3 aromatic rings. The second-order valence-corrected chi connectivity index (χ2v) is 16.0. The number of imidazole rings is 1. The Labute approximate surface area is 325 Å². The first-order chi connectivity index (χ1) is 26.2. The predicted octanol–water partition coefficient (Wildman–Crippen LogP) is 0.126. The number of benzene rings is 2. The summed E-state index contributed by atoms with van der Waals surface area (Å²) in [5.41, 5.74) is 7.69. The summed E-state index contributed by atoms with van der Waals surface area (Å²) < 4.78 is 0. The second-order valence-electron chi connectivity index (χ2n) is 13.5. The van der Waals surface area contributed by atoms with Crippen LogP contribution >= 0.6 is 21.6 Å². The first kappa shape index (κ1) is 42.5. The molecule has 19 heteroatoms. The van der Waals surface area contributed by atoms with Crippen molar-refractivity contribution in [1.29, 1.82) is 0 Å². The minimum Gasteiger partial charge on any atom is -0.508 e. The SMILES string of the molecule is CC(C)CC1NC(=O)[C@@H](N)CSSCC(C(=O)O)NC(=O)[C@H](Cc2ccc(O)cc2)NC(=O)[C@H](Cc2cnc[nH]2)NC(=O)C(Cc2ccc(O)cc2)NC1=O. The Balaban J connectivity index is 1.73. The van der Waals surface area contributed by atoms with Gasteiger partial charge in [0.2, 0.25) is 29.5 Å². The number of aromatic amines is 1. The van der Waals surface area contributed by atoms with Crippen LogP contribution in [0.4, 0.5) is 0 Å². The maximum absolute atomic E-state index is 14.2. The zero-order chi connectivity index (χ0) is 40.1. The topological polar surface area (TPSA) is 278 Å². The molecule has 1 saturated heterocycles. The van der Waals surface area contributed by atoms with Crippen molar-refractivity contribution < 1.29 is 44.1 Å². The summed E-state index contributed by atoms with van der Waals surface area (Å²) in [5.74, 6) is -5.26. The van der Waals surface area contributed by atoms with Gasteiger partial charge in [-0.3, -0.25) is 24.0 Å². The number of carbonyl (C=O) groups excluding carboxylic acids is 5.